The number of carbonyl (C=O) groups excluding carboxylic acids is 2. The van der Waals surface area contributed by atoms with Crippen LogP contribution in [0.4, 0.5) is 5.69 Å². The summed E-state index contributed by atoms with van der Waals surface area (Å²) < 4.78 is 11.7. The Balaban J connectivity index is 2.17. The van der Waals surface area contributed by atoms with E-state index in [0.717, 1.165) is 19.3 Å². The molecular formula is C28H41ClN2O6. The summed E-state index contributed by atoms with van der Waals surface area (Å²) in [6.07, 6.45) is 9.55. The number of amides is 1. The highest BCUT2D eigenvalue weighted by Crippen LogP contribution is 2.32. The van der Waals surface area contributed by atoms with Gasteiger partial charge >= 0.3 is 5.76 Å². The smallest absolute Gasteiger partial charge is 0.423 e. The Bertz CT molecular complexity index is 1100. The molecule has 37 heavy (non-hydrogen) atoms. The SMILES string of the molecule is CCCCCCCCCCOc1ccc(Cl)cc1NC(=O)C(C(=O)C(C)(C)C)n1c(O)c(CC)oc1=O. The molecular weight excluding hydrogens is 496 g/mol. The standard InChI is InChI=1S/C28H41ClN2O6/c1-6-8-9-10-11-12-13-14-17-36-22-16-15-19(29)18-20(22)30-25(33)23(24(32)28(3,4)5)31-26(34)21(7-2)37-27(31)35/h15-16,18,23,34H,6-14,17H2,1-5H3,(H,30,33). The summed E-state index contributed by atoms with van der Waals surface area (Å²) in [4.78, 5) is 39.3. The molecule has 2 aromatic rings. The van der Waals surface area contributed by atoms with Crippen molar-refractivity contribution >= 4 is 29.0 Å². The number of nitrogens with one attached hydrogen (secondary N) is 1. The van der Waals surface area contributed by atoms with Crippen molar-refractivity contribution in [1.82, 2.24) is 4.57 Å². The van der Waals surface area contributed by atoms with Gasteiger partial charge in [0.15, 0.2) is 17.6 Å². The number of Topliss-reactive ketones (excluding diaryl/α,β-unsaturated/α-hetero) is 1. The van der Waals surface area contributed by atoms with Gasteiger partial charge in [-0.2, -0.15) is 0 Å². The summed E-state index contributed by atoms with van der Waals surface area (Å²) in [5.41, 5.74) is -0.711. The number of benzene rings is 1. The Morgan fingerprint density at radius 3 is 2.27 bits per heavy atom. The Hall–Kier alpha value is -2.74. The molecule has 9 heteroatoms. The van der Waals surface area contributed by atoms with Crippen molar-refractivity contribution in [2.24, 2.45) is 5.41 Å². The first-order valence-corrected chi connectivity index (χ1v) is 13.6. The summed E-state index contributed by atoms with van der Waals surface area (Å²) in [6.45, 7) is 9.26. The minimum absolute atomic E-state index is 0.00153. The minimum atomic E-state index is -1.64. The molecule has 2 rings (SSSR count). The van der Waals surface area contributed by atoms with Crippen LogP contribution in [-0.2, 0) is 16.0 Å². The third-order valence-corrected chi connectivity index (χ3v) is 6.39. The molecule has 0 radical (unpaired) electrons. The molecule has 8 nitrogen and oxygen atoms in total. The van der Waals surface area contributed by atoms with E-state index in [-0.39, 0.29) is 17.9 Å². The van der Waals surface area contributed by atoms with Crippen molar-refractivity contribution in [2.45, 2.75) is 98.4 Å². The lowest BCUT2D eigenvalue weighted by atomic mass is 9.86. The van der Waals surface area contributed by atoms with Crippen molar-refractivity contribution in [3.8, 4) is 11.6 Å². The van der Waals surface area contributed by atoms with Gasteiger partial charge in [-0.1, -0.05) is 91.2 Å². The molecule has 0 aliphatic carbocycles. The summed E-state index contributed by atoms with van der Waals surface area (Å²) in [5.74, 6) is -2.48. The van der Waals surface area contributed by atoms with Gasteiger partial charge in [0, 0.05) is 16.9 Å². The molecule has 0 saturated carbocycles. The number of oxazole rings is 1. The van der Waals surface area contributed by atoms with Crippen LogP contribution in [0, 0.1) is 5.41 Å². The van der Waals surface area contributed by atoms with E-state index >= 15 is 0 Å². The van der Waals surface area contributed by atoms with Gasteiger partial charge in [0.1, 0.15) is 5.75 Å². The Labute approximate surface area is 224 Å². The van der Waals surface area contributed by atoms with E-state index < -0.39 is 34.8 Å². The van der Waals surface area contributed by atoms with Gasteiger partial charge < -0.3 is 19.6 Å². The third-order valence-electron chi connectivity index (χ3n) is 6.15. The zero-order valence-corrected chi connectivity index (χ0v) is 23.5. The number of ketones is 1. The average Bonchev–Trinajstić information content (AvgIpc) is 3.12. The van der Waals surface area contributed by atoms with Crippen molar-refractivity contribution in [2.75, 3.05) is 11.9 Å². The summed E-state index contributed by atoms with van der Waals surface area (Å²) in [5, 5.41) is 13.6. The molecule has 1 aromatic heterocycles. The number of hydrogen-bond acceptors (Lipinski definition) is 6. The molecule has 2 N–H and O–H groups in total. The van der Waals surface area contributed by atoms with Crippen LogP contribution >= 0.6 is 11.6 Å². The maximum atomic E-state index is 13.4. The van der Waals surface area contributed by atoms with Crippen LogP contribution in [0.2, 0.25) is 5.02 Å². The predicted octanol–water partition coefficient (Wildman–Crippen LogP) is 6.68. The Morgan fingerprint density at radius 1 is 1.08 bits per heavy atom. The molecule has 0 bridgehead atoms. The van der Waals surface area contributed by atoms with E-state index in [1.165, 1.54) is 38.2 Å². The molecule has 0 saturated heterocycles. The highest BCUT2D eigenvalue weighted by atomic mass is 35.5. The number of halogens is 1. The molecule has 0 spiro atoms. The van der Waals surface area contributed by atoms with Crippen molar-refractivity contribution in [3.05, 3.63) is 39.5 Å². The van der Waals surface area contributed by atoms with E-state index in [0.29, 0.717) is 21.9 Å². The highest BCUT2D eigenvalue weighted by Gasteiger charge is 2.40. The number of ether oxygens (including phenoxy) is 1. The largest absolute Gasteiger partial charge is 0.492 e. The summed E-state index contributed by atoms with van der Waals surface area (Å²) in [7, 11) is 0. The summed E-state index contributed by atoms with van der Waals surface area (Å²) >= 11 is 6.18. The van der Waals surface area contributed by atoms with Gasteiger partial charge in [-0.25, -0.2) is 9.36 Å². The number of hydrogen-bond donors (Lipinski definition) is 2. The second kappa shape index (κ2) is 14.3. The number of carbonyl (C=O) groups is 2. The number of aromatic hydroxyl groups is 1. The van der Waals surface area contributed by atoms with Crippen LogP contribution in [0.25, 0.3) is 0 Å². The number of aromatic nitrogens is 1. The second-order valence-corrected chi connectivity index (χ2v) is 10.7. The van der Waals surface area contributed by atoms with Crippen LogP contribution in [0.15, 0.2) is 27.4 Å². The fourth-order valence-electron chi connectivity index (χ4n) is 3.99. The minimum Gasteiger partial charge on any atom is -0.492 e. The number of rotatable bonds is 15. The number of nitrogens with zero attached hydrogens (tertiary/aromatic N) is 1. The molecule has 0 fully saturated rings. The molecule has 1 amide bonds. The van der Waals surface area contributed by atoms with Gasteiger partial charge in [-0.15, -0.1) is 0 Å². The maximum Gasteiger partial charge on any atom is 0.423 e. The molecule has 0 aliphatic heterocycles. The highest BCUT2D eigenvalue weighted by molar-refractivity contribution is 6.31. The zero-order valence-electron chi connectivity index (χ0n) is 22.7. The van der Waals surface area contributed by atoms with Gasteiger partial charge in [0.25, 0.3) is 5.91 Å². The lowest BCUT2D eigenvalue weighted by molar-refractivity contribution is -0.135. The van der Waals surface area contributed by atoms with Crippen LogP contribution in [0.3, 0.4) is 0 Å². The van der Waals surface area contributed by atoms with Crippen LogP contribution in [-0.4, -0.2) is 28.0 Å². The Morgan fingerprint density at radius 2 is 1.70 bits per heavy atom. The zero-order chi connectivity index (χ0) is 27.6. The van der Waals surface area contributed by atoms with E-state index in [4.69, 9.17) is 20.8 Å². The van der Waals surface area contributed by atoms with Crippen molar-refractivity contribution in [3.63, 3.8) is 0 Å². The lowest BCUT2D eigenvalue weighted by Gasteiger charge is -2.24. The van der Waals surface area contributed by atoms with Gasteiger partial charge in [0.2, 0.25) is 5.88 Å². The maximum absolute atomic E-state index is 13.4. The molecule has 1 heterocycles. The number of aryl methyl sites for hydroxylation is 1. The van der Waals surface area contributed by atoms with Crippen molar-refractivity contribution < 1.29 is 23.8 Å². The molecule has 1 aromatic carbocycles. The van der Waals surface area contributed by atoms with E-state index in [2.05, 4.69) is 12.2 Å². The topological polar surface area (TPSA) is 111 Å². The second-order valence-electron chi connectivity index (χ2n) is 10.3. The van der Waals surface area contributed by atoms with Gasteiger partial charge in [0.05, 0.1) is 12.3 Å². The van der Waals surface area contributed by atoms with E-state index in [1.54, 1.807) is 39.8 Å². The third kappa shape index (κ3) is 8.66. The first-order valence-electron chi connectivity index (χ1n) is 13.2. The Kier molecular flexibility index (Phi) is 11.8. The van der Waals surface area contributed by atoms with Crippen LogP contribution in [0.5, 0.6) is 11.6 Å². The average molecular weight is 537 g/mol. The molecule has 0 aliphatic rings. The van der Waals surface area contributed by atoms with E-state index in [1.807, 2.05) is 0 Å². The molecule has 1 atom stereocenters. The first-order chi connectivity index (χ1) is 17.5. The summed E-state index contributed by atoms with van der Waals surface area (Å²) in [6, 6.07) is 3.19. The lowest BCUT2D eigenvalue weighted by Crippen LogP contribution is -2.41. The number of anilines is 1. The number of unbranched alkanes of at least 4 members (excludes halogenated alkanes) is 7. The monoisotopic (exact) mass is 536 g/mol. The van der Waals surface area contributed by atoms with Gasteiger partial charge in [-0.3, -0.25) is 9.59 Å². The van der Waals surface area contributed by atoms with Gasteiger partial charge in [-0.05, 0) is 24.6 Å². The quantitative estimate of drug-likeness (QED) is 0.194. The molecule has 1 unspecified atom stereocenters. The van der Waals surface area contributed by atoms with Crippen molar-refractivity contribution in [1.29, 1.82) is 0 Å². The normalized spacial score (nSPS) is 12.4. The predicted molar refractivity (Wildman–Crippen MR) is 146 cm³/mol. The van der Waals surface area contributed by atoms with Crippen LogP contribution in [0.1, 0.15) is 97.8 Å². The van der Waals surface area contributed by atoms with Crippen LogP contribution < -0.4 is 15.8 Å². The van der Waals surface area contributed by atoms with E-state index in [9.17, 15) is 19.5 Å². The fourth-order valence-corrected chi connectivity index (χ4v) is 4.16. The molecule has 206 valence electrons. The fraction of sp³-hybridized carbons (Fsp3) is 0.607. The first kappa shape index (κ1) is 30.5.